The number of hydrogen-bond acceptors (Lipinski definition) is 4. The van der Waals surface area contributed by atoms with Gasteiger partial charge >= 0.3 is 0 Å². The van der Waals surface area contributed by atoms with Gasteiger partial charge in [-0.2, -0.15) is 0 Å². The van der Waals surface area contributed by atoms with Crippen LogP contribution in [0.5, 0.6) is 5.75 Å². The summed E-state index contributed by atoms with van der Waals surface area (Å²) in [5, 5.41) is 12.1. The van der Waals surface area contributed by atoms with E-state index in [4.69, 9.17) is 9.94 Å². The summed E-state index contributed by atoms with van der Waals surface area (Å²) < 4.78 is 7.42. The van der Waals surface area contributed by atoms with Gasteiger partial charge in [0, 0.05) is 17.7 Å². The predicted octanol–water partition coefficient (Wildman–Crippen LogP) is 2.88. The molecule has 0 atom stereocenters. The van der Waals surface area contributed by atoms with Crippen molar-refractivity contribution in [3.8, 4) is 5.75 Å². The van der Waals surface area contributed by atoms with Gasteiger partial charge in [0.15, 0.2) is 24.3 Å². The number of rotatable bonds is 5. The van der Waals surface area contributed by atoms with E-state index < -0.39 is 0 Å². The van der Waals surface area contributed by atoms with Crippen LogP contribution in [-0.4, -0.2) is 18.0 Å². The molecule has 1 heterocycles. The number of hydrogen-bond donors (Lipinski definition) is 1. The molecule has 2 rings (SSSR count). The van der Waals surface area contributed by atoms with Crippen LogP contribution in [0.15, 0.2) is 53.9 Å². The van der Waals surface area contributed by atoms with Crippen LogP contribution in [0.2, 0.25) is 0 Å². The zero-order valence-electron chi connectivity index (χ0n) is 11.5. The minimum Gasteiger partial charge on any atom is -0.496 e. The second kappa shape index (κ2) is 6.96. The predicted molar refractivity (Wildman–Crippen MR) is 80.3 cm³/mol. The second-order valence-electron chi connectivity index (χ2n) is 4.22. The fraction of sp³-hybridized carbons (Fsp3) is 0.200. The Morgan fingerprint density at radius 3 is 2.70 bits per heavy atom. The molecule has 1 aromatic heterocycles. The molecule has 0 bridgehead atoms. The van der Waals surface area contributed by atoms with Crippen LogP contribution in [0, 0.1) is 0 Å². The number of pyridine rings is 1. The van der Waals surface area contributed by atoms with E-state index in [1.807, 2.05) is 52.8 Å². The lowest BCUT2D eigenvalue weighted by Crippen LogP contribution is -2.23. The van der Waals surface area contributed by atoms with E-state index in [0.717, 1.165) is 22.6 Å². The molecule has 1 N–H and O–H groups in total. The lowest BCUT2D eigenvalue weighted by atomic mass is 10.1. The fourth-order valence-corrected chi connectivity index (χ4v) is 2.61. The maximum absolute atomic E-state index is 8.86. The Morgan fingerprint density at radius 1 is 1.30 bits per heavy atom. The van der Waals surface area contributed by atoms with E-state index >= 15 is 0 Å². The highest BCUT2D eigenvalue weighted by molar-refractivity contribution is 7.92. The van der Waals surface area contributed by atoms with Crippen LogP contribution in [0.4, 0.5) is 0 Å². The van der Waals surface area contributed by atoms with Gasteiger partial charge in [0.2, 0.25) is 0 Å². The summed E-state index contributed by atoms with van der Waals surface area (Å²) in [7, 11) is 1.66. The molecule has 0 fully saturated rings. The average molecular weight is 289 g/mol. The van der Waals surface area contributed by atoms with Crippen molar-refractivity contribution >= 4 is 17.7 Å². The van der Waals surface area contributed by atoms with Gasteiger partial charge in [-0.1, -0.05) is 11.2 Å². The van der Waals surface area contributed by atoms with Gasteiger partial charge in [-0.05, 0) is 30.7 Å². The van der Waals surface area contributed by atoms with Crippen LogP contribution < -0.4 is 8.71 Å². The number of methoxy groups -OCH3 is 1. The third-order valence-corrected chi connectivity index (χ3v) is 3.89. The number of oxime groups is 1. The van der Waals surface area contributed by atoms with Gasteiger partial charge in [-0.25, -0.2) is 0 Å². The lowest BCUT2D eigenvalue weighted by molar-refractivity contribution is -0.494. The molecular formula is C15H17N2O2S+. The third kappa shape index (κ3) is 3.51. The molecule has 0 radical (unpaired) electrons. The van der Waals surface area contributed by atoms with Crippen LogP contribution in [0.25, 0.3) is 0 Å². The zero-order valence-corrected chi connectivity index (χ0v) is 12.3. The number of aromatic nitrogens is 1. The molecule has 0 amide bonds. The van der Waals surface area contributed by atoms with E-state index in [1.165, 1.54) is 0 Å². The molecule has 0 saturated carbocycles. The second-order valence-corrected chi connectivity index (χ2v) is 5.19. The van der Waals surface area contributed by atoms with E-state index in [1.54, 1.807) is 26.0 Å². The topological polar surface area (TPSA) is 45.7 Å². The molecule has 0 aliphatic carbocycles. The van der Waals surface area contributed by atoms with Crippen LogP contribution in [-0.2, 0) is 5.75 Å². The zero-order chi connectivity index (χ0) is 14.4. The maximum atomic E-state index is 8.86. The van der Waals surface area contributed by atoms with Crippen molar-refractivity contribution < 1.29 is 13.9 Å². The van der Waals surface area contributed by atoms with Crippen LogP contribution in [0.1, 0.15) is 18.1 Å². The summed E-state index contributed by atoms with van der Waals surface area (Å²) in [4.78, 5) is 0. The lowest BCUT2D eigenvalue weighted by Gasteiger charge is -2.08. The van der Waals surface area contributed by atoms with Crippen molar-refractivity contribution in [1.29, 1.82) is 0 Å². The minimum absolute atomic E-state index is 0.589. The normalized spacial score (nSPS) is 11.4. The van der Waals surface area contributed by atoms with E-state index in [2.05, 4.69) is 5.16 Å². The van der Waals surface area contributed by atoms with Gasteiger partial charge in [0.1, 0.15) is 5.75 Å². The summed E-state index contributed by atoms with van der Waals surface area (Å²) in [6.45, 7) is 1.77. The monoisotopic (exact) mass is 289 g/mol. The first-order valence-electron chi connectivity index (χ1n) is 6.20. The molecule has 0 aliphatic rings. The quantitative estimate of drug-likeness (QED) is 0.398. The largest absolute Gasteiger partial charge is 0.496 e. The Hall–Kier alpha value is -2.01. The number of nitrogens with zero attached hydrogens (tertiary/aromatic N) is 2. The average Bonchev–Trinajstić information content (AvgIpc) is 2.52. The van der Waals surface area contributed by atoms with E-state index in [-0.39, 0.29) is 0 Å². The molecule has 0 aliphatic heterocycles. The van der Waals surface area contributed by atoms with Crippen LogP contribution in [0.3, 0.4) is 0 Å². The molecule has 4 nitrogen and oxygen atoms in total. The highest BCUT2D eigenvalue weighted by Gasteiger charge is 2.10. The molecular weight excluding hydrogens is 272 g/mol. The molecule has 20 heavy (non-hydrogen) atoms. The Balaban J connectivity index is 2.20. The Morgan fingerprint density at radius 2 is 2.05 bits per heavy atom. The van der Waals surface area contributed by atoms with Crippen molar-refractivity contribution in [3.63, 3.8) is 0 Å². The molecule has 0 unspecified atom stereocenters. The molecule has 2 aromatic rings. The molecule has 104 valence electrons. The minimum atomic E-state index is 0.589. The Bertz CT molecular complexity index is 600. The third-order valence-electron chi connectivity index (χ3n) is 2.91. The van der Waals surface area contributed by atoms with Crippen molar-refractivity contribution in [2.75, 3.05) is 7.11 Å². The Labute approximate surface area is 122 Å². The standard InChI is InChI=1S/C15H16N2O2S/c1-12(16-18)13-6-7-15(19-2)14(10-13)11-20-17-8-4-3-5-9-17/h3-10H,11H2,1-2H3/p+1/b16-12+. The van der Waals surface area contributed by atoms with Crippen molar-refractivity contribution in [2.24, 2.45) is 5.16 Å². The van der Waals surface area contributed by atoms with Gasteiger partial charge < -0.3 is 9.94 Å². The molecule has 0 saturated heterocycles. The maximum Gasteiger partial charge on any atom is 0.183 e. The summed E-state index contributed by atoms with van der Waals surface area (Å²) >= 11 is 1.67. The fourth-order valence-electron chi connectivity index (χ4n) is 1.79. The summed E-state index contributed by atoms with van der Waals surface area (Å²) in [5.74, 6) is 1.60. The van der Waals surface area contributed by atoms with E-state index in [0.29, 0.717) is 5.71 Å². The first kappa shape index (κ1) is 14.4. The van der Waals surface area contributed by atoms with Gasteiger partial charge in [0.05, 0.1) is 18.6 Å². The van der Waals surface area contributed by atoms with E-state index in [9.17, 15) is 0 Å². The number of ether oxygens (including phenoxy) is 1. The van der Waals surface area contributed by atoms with Crippen molar-refractivity contribution in [3.05, 3.63) is 59.9 Å². The Kier molecular flexibility index (Phi) is 5.01. The van der Waals surface area contributed by atoms with Crippen molar-refractivity contribution in [1.82, 2.24) is 0 Å². The number of benzene rings is 1. The summed E-state index contributed by atoms with van der Waals surface area (Å²) in [6.07, 6.45) is 4.00. The highest BCUT2D eigenvalue weighted by atomic mass is 32.2. The first-order chi connectivity index (χ1) is 9.74. The van der Waals surface area contributed by atoms with Crippen LogP contribution >= 0.6 is 11.9 Å². The summed E-state index contributed by atoms with van der Waals surface area (Å²) in [6, 6.07) is 11.7. The van der Waals surface area contributed by atoms with Crippen molar-refractivity contribution in [2.45, 2.75) is 12.7 Å². The summed E-state index contributed by atoms with van der Waals surface area (Å²) in [5.41, 5.74) is 2.54. The van der Waals surface area contributed by atoms with Gasteiger partial charge in [-0.15, -0.1) is 3.97 Å². The smallest absolute Gasteiger partial charge is 0.183 e. The molecule has 0 spiro atoms. The molecule has 1 aromatic carbocycles. The van der Waals surface area contributed by atoms with Gasteiger partial charge in [-0.3, -0.25) is 0 Å². The van der Waals surface area contributed by atoms with Gasteiger partial charge in [0.25, 0.3) is 0 Å². The SMILES string of the molecule is COc1ccc(/C(C)=N/O)cc1CS[n+]1ccccc1. The first-order valence-corrected chi connectivity index (χ1v) is 7.14. The molecule has 5 heteroatoms. The highest BCUT2D eigenvalue weighted by Crippen LogP contribution is 2.23.